The van der Waals surface area contributed by atoms with Gasteiger partial charge in [-0.25, -0.2) is 8.42 Å². The molecule has 0 fully saturated rings. The Morgan fingerprint density at radius 1 is 1.00 bits per heavy atom. The van der Waals surface area contributed by atoms with Crippen LogP contribution in [0.2, 0.25) is 0 Å². The lowest BCUT2D eigenvalue weighted by molar-refractivity contribution is 0.414. The first-order valence-electron chi connectivity index (χ1n) is 7.50. The highest BCUT2D eigenvalue weighted by atomic mass is 32.2. The van der Waals surface area contributed by atoms with Gasteiger partial charge < -0.3 is 4.74 Å². The van der Waals surface area contributed by atoms with Crippen LogP contribution in [0.1, 0.15) is 12.0 Å². The zero-order chi connectivity index (χ0) is 16.3. The van der Waals surface area contributed by atoms with Crippen molar-refractivity contribution in [2.75, 3.05) is 20.2 Å². The predicted octanol–water partition coefficient (Wildman–Crippen LogP) is 3.17. The van der Waals surface area contributed by atoms with Crippen LogP contribution in [0.5, 0.6) is 5.75 Å². The number of sulfonamides is 1. The van der Waals surface area contributed by atoms with Crippen LogP contribution in [0.15, 0.2) is 65.6 Å². The highest BCUT2D eigenvalue weighted by molar-refractivity contribution is 7.89. The van der Waals surface area contributed by atoms with Crippen molar-refractivity contribution in [2.24, 2.45) is 0 Å². The minimum Gasteiger partial charge on any atom is -0.497 e. The van der Waals surface area contributed by atoms with Crippen molar-refractivity contribution in [1.82, 2.24) is 4.31 Å². The van der Waals surface area contributed by atoms with Crippen LogP contribution in [-0.2, 0) is 10.0 Å². The Labute approximate surface area is 137 Å². The summed E-state index contributed by atoms with van der Waals surface area (Å²) in [5, 5.41) is 0. The average molecular weight is 329 g/mol. The van der Waals surface area contributed by atoms with Gasteiger partial charge in [-0.3, -0.25) is 0 Å². The molecule has 1 aliphatic heterocycles. The Morgan fingerprint density at radius 3 is 2.26 bits per heavy atom. The Kier molecular flexibility index (Phi) is 4.50. The molecule has 2 aromatic carbocycles. The molecule has 23 heavy (non-hydrogen) atoms. The normalized spacial score (nSPS) is 16.0. The zero-order valence-electron chi connectivity index (χ0n) is 13.0. The Bertz CT molecular complexity index is 796. The third kappa shape index (κ3) is 3.30. The first-order chi connectivity index (χ1) is 11.1. The predicted molar refractivity (Wildman–Crippen MR) is 90.8 cm³/mol. The summed E-state index contributed by atoms with van der Waals surface area (Å²) in [4.78, 5) is 0.301. The van der Waals surface area contributed by atoms with Crippen LogP contribution in [0.25, 0.3) is 5.57 Å². The van der Waals surface area contributed by atoms with Gasteiger partial charge in [-0.05, 0) is 41.8 Å². The van der Waals surface area contributed by atoms with Crippen molar-refractivity contribution in [1.29, 1.82) is 0 Å². The molecular formula is C18H19NO3S. The van der Waals surface area contributed by atoms with E-state index in [0.717, 1.165) is 12.0 Å². The molecule has 0 atom stereocenters. The molecule has 1 heterocycles. The summed E-state index contributed by atoms with van der Waals surface area (Å²) in [5.74, 6) is 0.647. The molecule has 0 N–H and O–H groups in total. The van der Waals surface area contributed by atoms with E-state index in [-0.39, 0.29) is 0 Å². The number of ether oxygens (including phenoxy) is 1. The van der Waals surface area contributed by atoms with Gasteiger partial charge in [0.05, 0.1) is 12.0 Å². The molecule has 2 aromatic rings. The van der Waals surface area contributed by atoms with Crippen LogP contribution in [0.4, 0.5) is 0 Å². The van der Waals surface area contributed by atoms with E-state index in [2.05, 4.69) is 12.1 Å². The summed E-state index contributed by atoms with van der Waals surface area (Å²) in [5.41, 5.74) is 2.36. The Hall–Kier alpha value is -2.11. The molecule has 120 valence electrons. The number of nitrogens with zero attached hydrogens (tertiary/aromatic N) is 1. The molecule has 5 heteroatoms. The van der Waals surface area contributed by atoms with Crippen molar-refractivity contribution < 1.29 is 13.2 Å². The third-order valence-electron chi connectivity index (χ3n) is 4.01. The second-order valence-corrected chi connectivity index (χ2v) is 7.32. The SMILES string of the molecule is COc1ccc(S(=O)(=O)N2CC=C(c3ccccc3)CC2)cc1. The van der Waals surface area contributed by atoms with Gasteiger partial charge in [0.25, 0.3) is 0 Å². The summed E-state index contributed by atoms with van der Waals surface area (Å²) in [7, 11) is -1.90. The van der Waals surface area contributed by atoms with Gasteiger partial charge in [0.15, 0.2) is 0 Å². The second kappa shape index (κ2) is 6.56. The smallest absolute Gasteiger partial charge is 0.243 e. The van der Waals surface area contributed by atoms with Crippen LogP contribution >= 0.6 is 0 Å². The van der Waals surface area contributed by atoms with Gasteiger partial charge in [-0.1, -0.05) is 36.4 Å². The van der Waals surface area contributed by atoms with Gasteiger partial charge in [0, 0.05) is 13.1 Å². The van der Waals surface area contributed by atoms with Crippen molar-refractivity contribution in [2.45, 2.75) is 11.3 Å². The second-order valence-electron chi connectivity index (χ2n) is 5.38. The standard InChI is InChI=1S/C18H19NO3S/c1-22-17-7-9-18(10-8-17)23(20,21)19-13-11-16(12-14-19)15-5-3-2-4-6-15/h2-11H,12-14H2,1H3. The maximum Gasteiger partial charge on any atom is 0.243 e. The summed E-state index contributed by atoms with van der Waals surface area (Å²) >= 11 is 0. The third-order valence-corrected chi connectivity index (χ3v) is 5.89. The summed E-state index contributed by atoms with van der Waals surface area (Å²) in [6.45, 7) is 0.897. The van der Waals surface area contributed by atoms with Crippen molar-refractivity contribution in [3.8, 4) is 5.75 Å². The fourth-order valence-corrected chi connectivity index (χ4v) is 4.06. The zero-order valence-corrected chi connectivity index (χ0v) is 13.8. The van der Waals surface area contributed by atoms with E-state index < -0.39 is 10.0 Å². The topological polar surface area (TPSA) is 46.6 Å². The molecule has 0 saturated carbocycles. The number of hydrogen-bond acceptors (Lipinski definition) is 3. The van der Waals surface area contributed by atoms with E-state index in [9.17, 15) is 8.42 Å². The number of hydrogen-bond donors (Lipinski definition) is 0. The van der Waals surface area contributed by atoms with E-state index in [4.69, 9.17) is 4.74 Å². The molecule has 0 unspecified atom stereocenters. The largest absolute Gasteiger partial charge is 0.497 e. The van der Waals surface area contributed by atoms with Crippen molar-refractivity contribution in [3.05, 3.63) is 66.2 Å². The number of rotatable bonds is 4. The monoisotopic (exact) mass is 329 g/mol. The quantitative estimate of drug-likeness (QED) is 0.865. The fraction of sp³-hybridized carbons (Fsp3) is 0.222. The molecule has 0 bridgehead atoms. The number of methoxy groups -OCH3 is 1. The van der Waals surface area contributed by atoms with Gasteiger partial charge in [-0.15, -0.1) is 0 Å². The average Bonchev–Trinajstić information content (AvgIpc) is 2.62. The highest BCUT2D eigenvalue weighted by Gasteiger charge is 2.26. The minimum absolute atomic E-state index is 0.301. The molecule has 0 aliphatic carbocycles. The summed E-state index contributed by atoms with van der Waals surface area (Å²) in [6.07, 6.45) is 2.72. The minimum atomic E-state index is -3.46. The first kappa shape index (κ1) is 15.8. The highest BCUT2D eigenvalue weighted by Crippen LogP contribution is 2.26. The van der Waals surface area contributed by atoms with E-state index in [1.54, 1.807) is 31.4 Å². The molecule has 0 spiro atoms. The van der Waals surface area contributed by atoms with Crippen LogP contribution < -0.4 is 4.74 Å². The van der Waals surface area contributed by atoms with E-state index in [1.807, 2.05) is 24.3 Å². The fourth-order valence-electron chi connectivity index (χ4n) is 2.68. The van der Waals surface area contributed by atoms with Crippen LogP contribution in [0, 0.1) is 0 Å². The number of benzene rings is 2. The Morgan fingerprint density at radius 2 is 1.70 bits per heavy atom. The van der Waals surface area contributed by atoms with Crippen molar-refractivity contribution in [3.63, 3.8) is 0 Å². The molecule has 0 aromatic heterocycles. The molecule has 4 nitrogen and oxygen atoms in total. The summed E-state index contributed by atoms with van der Waals surface area (Å²) in [6, 6.07) is 16.6. The first-order valence-corrected chi connectivity index (χ1v) is 8.94. The molecule has 0 radical (unpaired) electrons. The lowest BCUT2D eigenvalue weighted by Gasteiger charge is -2.26. The van der Waals surface area contributed by atoms with Gasteiger partial charge in [-0.2, -0.15) is 4.31 Å². The molecule has 0 amide bonds. The maximum absolute atomic E-state index is 12.7. The molecular weight excluding hydrogens is 310 g/mol. The maximum atomic E-state index is 12.7. The van der Waals surface area contributed by atoms with Gasteiger partial charge in [0.1, 0.15) is 5.75 Å². The molecule has 1 aliphatic rings. The lowest BCUT2D eigenvalue weighted by atomic mass is 10.0. The van der Waals surface area contributed by atoms with Crippen molar-refractivity contribution >= 4 is 15.6 Å². The lowest BCUT2D eigenvalue weighted by Crippen LogP contribution is -2.34. The van der Waals surface area contributed by atoms with E-state index in [0.29, 0.717) is 23.7 Å². The molecule has 3 rings (SSSR count). The van der Waals surface area contributed by atoms with Crippen LogP contribution in [-0.4, -0.2) is 32.9 Å². The molecule has 0 saturated heterocycles. The Balaban J connectivity index is 1.79. The van der Waals surface area contributed by atoms with E-state index in [1.165, 1.54) is 9.88 Å². The van der Waals surface area contributed by atoms with E-state index >= 15 is 0 Å². The van der Waals surface area contributed by atoms with Gasteiger partial charge >= 0.3 is 0 Å². The summed E-state index contributed by atoms with van der Waals surface area (Å²) < 4.78 is 32.0. The van der Waals surface area contributed by atoms with Gasteiger partial charge in [0.2, 0.25) is 10.0 Å². The van der Waals surface area contributed by atoms with Crippen LogP contribution in [0.3, 0.4) is 0 Å².